The van der Waals surface area contributed by atoms with E-state index >= 15 is 0 Å². The van der Waals surface area contributed by atoms with Gasteiger partial charge in [-0.15, -0.1) is 5.10 Å². The number of piperidine rings is 1. The molecule has 38 heavy (non-hydrogen) atoms. The molecule has 1 aromatic heterocycles. The molecule has 2 aliphatic rings. The van der Waals surface area contributed by atoms with E-state index in [1.54, 1.807) is 42.5 Å². The third kappa shape index (κ3) is 4.50. The number of carbonyl (C=O) groups excluding carboxylic acids is 5. The summed E-state index contributed by atoms with van der Waals surface area (Å²) in [5.74, 6) is -2.18. The number of hydroxylamine groups is 2. The standard InChI is InChI=1S/C25H23N7O6/c1-30(38-2)24(36)16-5-3-4-6-18(16)26-22(34)19-13-32(29-28-19)15-8-7-14-12-31(25(37)17(14)11-15)20-9-10-21(33)27-23(20)35/h3-8,11,13,20H,9-10,12H2,1-2H3,(H,26,34)(H,27,33,35). The first kappa shape index (κ1) is 24.8. The summed E-state index contributed by atoms with van der Waals surface area (Å²) in [5, 5.41) is 13.9. The van der Waals surface area contributed by atoms with Crippen LogP contribution in [0.1, 0.15) is 49.6 Å². The number of hydrogen-bond donors (Lipinski definition) is 2. The minimum atomic E-state index is -0.712. The van der Waals surface area contributed by atoms with E-state index in [0.717, 1.165) is 10.6 Å². The number of imide groups is 1. The van der Waals surface area contributed by atoms with Crippen molar-refractivity contribution in [1.29, 1.82) is 0 Å². The Morgan fingerprint density at radius 3 is 2.71 bits per heavy atom. The van der Waals surface area contributed by atoms with Gasteiger partial charge < -0.3 is 10.2 Å². The lowest BCUT2D eigenvalue weighted by Crippen LogP contribution is -2.52. The molecule has 5 rings (SSSR count). The summed E-state index contributed by atoms with van der Waals surface area (Å²) in [6, 6.07) is 10.9. The van der Waals surface area contributed by atoms with E-state index in [1.165, 1.54) is 29.9 Å². The van der Waals surface area contributed by atoms with Crippen molar-refractivity contribution in [2.75, 3.05) is 19.5 Å². The largest absolute Gasteiger partial charge is 0.322 e. The zero-order chi connectivity index (χ0) is 27.0. The molecule has 0 bridgehead atoms. The van der Waals surface area contributed by atoms with Crippen molar-refractivity contribution in [1.82, 2.24) is 30.3 Å². The quantitative estimate of drug-likeness (QED) is 0.361. The molecule has 2 aromatic carbocycles. The Balaban J connectivity index is 1.33. The van der Waals surface area contributed by atoms with Gasteiger partial charge in [0.1, 0.15) is 6.04 Å². The van der Waals surface area contributed by atoms with Gasteiger partial charge >= 0.3 is 0 Å². The smallest absolute Gasteiger partial charge is 0.279 e. The number of nitrogens with one attached hydrogen (secondary N) is 2. The number of hydrogen-bond acceptors (Lipinski definition) is 8. The fourth-order valence-corrected chi connectivity index (χ4v) is 4.40. The average Bonchev–Trinajstić information content (AvgIpc) is 3.53. The van der Waals surface area contributed by atoms with Gasteiger partial charge in [0, 0.05) is 25.6 Å². The topological polar surface area (TPSA) is 156 Å². The van der Waals surface area contributed by atoms with Crippen LogP contribution in [0.2, 0.25) is 0 Å². The molecule has 0 aliphatic carbocycles. The van der Waals surface area contributed by atoms with Crippen molar-refractivity contribution >= 4 is 35.2 Å². The molecule has 1 saturated heterocycles. The van der Waals surface area contributed by atoms with Crippen LogP contribution in [0.3, 0.4) is 0 Å². The number of carbonyl (C=O) groups is 5. The average molecular weight is 518 g/mol. The minimum Gasteiger partial charge on any atom is -0.322 e. The van der Waals surface area contributed by atoms with Crippen LogP contribution in [0.5, 0.6) is 0 Å². The Labute approximate surface area is 216 Å². The molecule has 3 heterocycles. The molecule has 3 aromatic rings. The van der Waals surface area contributed by atoms with Crippen molar-refractivity contribution in [3.8, 4) is 5.69 Å². The van der Waals surface area contributed by atoms with E-state index in [1.807, 2.05) is 0 Å². The Hall–Kier alpha value is -4.91. The molecule has 1 atom stereocenters. The van der Waals surface area contributed by atoms with Crippen molar-refractivity contribution in [2.45, 2.75) is 25.4 Å². The maximum Gasteiger partial charge on any atom is 0.279 e. The maximum atomic E-state index is 13.1. The number of rotatable bonds is 6. The Bertz CT molecular complexity index is 1480. The highest BCUT2D eigenvalue weighted by atomic mass is 16.7. The lowest BCUT2D eigenvalue weighted by molar-refractivity contribution is -0.136. The summed E-state index contributed by atoms with van der Waals surface area (Å²) >= 11 is 0. The van der Waals surface area contributed by atoms with Gasteiger partial charge in [-0.05, 0) is 36.2 Å². The number of nitrogens with zero attached hydrogens (tertiary/aromatic N) is 5. The molecular formula is C25H23N7O6. The van der Waals surface area contributed by atoms with Gasteiger partial charge in [0.25, 0.3) is 17.7 Å². The van der Waals surface area contributed by atoms with Crippen LogP contribution >= 0.6 is 0 Å². The second kappa shape index (κ2) is 9.86. The highest BCUT2D eigenvalue weighted by Crippen LogP contribution is 2.29. The molecular weight excluding hydrogens is 494 g/mol. The number of fused-ring (bicyclic) bond motifs is 1. The number of amides is 5. The Kier molecular flexibility index (Phi) is 6.43. The van der Waals surface area contributed by atoms with Crippen molar-refractivity contribution in [3.63, 3.8) is 0 Å². The van der Waals surface area contributed by atoms with Crippen LogP contribution in [-0.2, 0) is 21.0 Å². The molecule has 2 aliphatic heterocycles. The highest BCUT2D eigenvalue weighted by Gasteiger charge is 2.39. The number of aromatic nitrogens is 3. The molecule has 13 heteroatoms. The third-order valence-corrected chi connectivity index (χ3v) is 6.47. The monoisotopic (exact) mass is 517 g/mol. The fraction of sp³-hybridized carbons (Fsp3) is 0.240. The van der Waals surface area contributed by atoms with Crippen LogP contribution in [0.25, 0.3) is 5.69 Å². The number of para-hydroxylation sites is 1. The molecule has 0 radical (unpaired) electrons. The third-order valence-electron chi connectivity index (χ3n) is 6.47. The zero-order valence-electron chi connectivity index (χ0n) is 20.5. The molecule has 2 N–H and O–H groups in total. The maximum absolute atomic E-state index is 13.1. The molecule has 0 spiro atoms. The first-order valence-corrected chi connectivity index (χ1v) is 11.7. The molecule has 1 fully saturated rings. The molecule has 13 nitrogen and oxygen atoms in total. The second-order valence-corrected chi connectivity index (χ2v) is 8.77. The summed E-state index contributed by atoms with van der Waals surface area (Å²) in [6.07, 6.45) is 1.85. The van der Waals surface area contributed by atoms with Crippen LogP contribution in [0.4, 0.5) is 5.69 Å². The predicted molar refractivity (Wildman–Crippen MR) is 131 cm³/mol. The number of anilines is 1. The Morgan fingerprint density at radius 1 is 1.16 bits per heavy atom. The zero-order valence-corrected chi connectivity index (χ0v) is 20.5. The number of benzene rings is 2. The van der Waals surface area contributed by atoms with E-state index < -0.39 is 23.8 Å². The Morgan fingerprint density at radius 2 is 1.95 bits per heavy atom. The van der Waals surface area contributed by atoms with Gasteiger partial charge in [-0.3, -0.25) is 34.1 Å². The van der Waals surface area contributed by atoms with Crippen LogP contribution in [-0.4, -0.2) is 74.7 Å². The van der Waals surface area contributed by atoms with Gasteiger partial charge in [0.05, 0.1) is 30.2 Å². The fourth-order valence-electron chi connectivity index (χ4n) is 4.40. The first-order valence-electron chi connectivity index (χ1n) is 11.7. The molecule has 1 unspecified atom stereocenters. The molecule has 5 amide bonds. The summed E-state index contributed by atoms with van der Waals surface area (Å²) < 4.78 is 1.35. The SMILES string of the molecule is CON(C)C(=O)c1ccccc1NC(=O)c1cn(-c2ccc3c(c2)C(=O)N(C2CCC(=O)NC2=O)C3)nn1. The van der Waals surface area contributed by atoms with E-state index in [-0.39, 0.29) is 48.1 Å². The van der Waals surface area contributed by atoms with Crippen molar-refractivity contribution in [3.05, 3.63) is 71.0 Å². The van der Waals surface area contributed by atoms with E-state index in [2.05, 4.69) is 20.9 Å². The molecule has 194 valence electrons. The van der Waals surface area contributed by atoms with E-state index in [9.17, 15) is 24.0 Å². The first-order chi connectivity index (χ1) is 18.3. The van der Waals surface area contributed by atoms with Crippen LogP contribution in [0.15, 0.2) is 48.7 Å². The summed E-state index contributed by atoms with van der Waals surface area (Å²) in [7, 11) is 2.81. The van der Waals surface area contributed by atoms with Crippen LogP contribution in [0, 0.1) is 0 Å². The summed E-state index contributed by atoms with van der Waals surface area (Å²) in [5.41, 5.74) is 2.13. The molecule has 0 saturated carbocycles. The van der Waals surface area contributed by atoms with Gasteiger partial charge in [-0.2, -0.15) is 0 Å². The van der Waals surface area contributed by atoms with Gasteiger partial charge in [0.2, 0.25) is 11.8 Å². The minimum absolute atomic E-state index is 0.00987. The highest BCUT2D eigenvalue weighted by molar-refractivity contribution is 6.08. The van der Waals surface area contributed by atoms with Gasteiger partial charge in [-0.25, -0.2) is 9.75 Å². The van der Waals surface area contributed by atoms with Gasteiger partial charge in [-0.1, -0.05) is 23.4 Å². The van der Waals surface area contributed by atoms with Crippen LogP contribution < -0.4 is 10.6 Å². The lowest BCUT2D eigenvalue weighted by atomic mass is 10.0. The lowest BCUT2D eigenvalue weighted by Gasteiger charge is -2.29. The normalized spacial score (nSPS) is 16.7. The van der Waals surface area contributed by atoms with E-state index in [0.29, 0.717) is 11.3 Å². The second-order valence-electron chi connectivity index (χ2n) is 8.77. The van der Waals surface area contributed by atoms with Gasteiger partial charge in [0.15, 0.2) is 5.69 Å². The predicted octanol–water partition coefficient (Wildman–Crippen LogP) is 0.914. The van der Waals surface area contributed by atoms with Crippen molar-refractivity contribution in [2.24, 2.45) is 0 Å². The van der Waals surface area contributed by atoms with Crippen molar-refractivity contribution < 1.29 is 28.8 Å². The summed E-state index contributed by atoms with van der Waals surface area (Å²) in [6.45, 7) is 0.252. The summed E-state index contributed by atoms with van der Waals surface area (Å²) in [4.78, 5) is 68.6. The van der Waals surface area contributed by atoms with E-state index in [4.69, 9.17) is 4.84 Å².